The molecule has 1 heterocycles. The number of ether oxygens (including phenoxy) is 2. The molecule has 0 radical (unpaired) electrons. The quantitative estimate of drug-likeness (QED) is 0.116. The fourth-order valence-corrected chi connectivity index (χ4v) is 4.02. The Kier molecular flexibility index (Phi) is 6.63. The van der Waals surface area contributed by atoms with Gasteiger partial charge in [-0.1, -0.05) is 66.7 Å². The molecule has 4 aromatic rings. The van der Waals surface area contributed by atoms with Gasteiger partial charge in [0.25, 0.3) is 0 Å². The average molecular weight is 504 g/mol. The van der Waals surface area contributed by atoms with Crippen LogP contribution in [0.3, 0.4) is 0 Å². The van der Waals surface area contributed by atoms with E-state index in [0.717, 1.165) is 11.6 Å². The van der Waals surface area contributed by atoms with Crippen LogP contribution in [0.4, 0.5) is 17.6 Å². The molecule has 3 nitrogen and oxygen atoms in total. The van der Waals surface area contributed by atoms with Gasteiger partial charge in [-0.25, -0.2) is 22.4 Å². The van der Waals surface area contributed by atoms with Crippen LogP contribution >= 0.6 is 0 Å². The Hall–Kier alpha value is -4.23. The van der Waals surface area contributed by atoms with Crippen LogP contribution < -0.4 is 4.74 Å². The molecule has 1 aliphatic rings. The lowest BCUT2D eigenvalue weighted by molar-refractivity contribution is 0.0728. The highest BCUT2D eigenvalue weighted by atomic mass is 19.2. The maximum atomic E-state index is 15.0. The molecule has 1 atom stereocenters. The third kappa shape index (κ3) is 4.90. The van der Waals surface area contributed by atoms with Crippen molar-refractivity contribution in [3.8, 4) is 28.0 Å². The van der Waals surface area contributed by atoms with Gasteiger partial charge >= 0.3 is 5.97 Å². The highest BCUT2D eigenvalue weighted by Crippen LogP contribution is 2.34. The van der Waals surface area contributed by atoms with Gasteiger partial charge in [0, 0.05) is 16.7 Å². The largest absolute Gasteiger partial charge is 0.423 e. The first kappa shape index (κ1) is 24.5. The number of halogens is 4. The molecule has 4 aromatic carbocycles. The monoisotopic (exact) mass is 504 g/mol. The lowest BCUT2D eigenvalue weighted by Gasteiger charge is -2.11. The van der Waals surface area contributed by atoms with E-state index in [0.29, 0.717) is 17.7 Å². The van der Waals surface area contributed by atoms with E-state index in [2.05, 4.69) is 0 Å². The van der Waals surface area contributed by atoms with Gasteiger partial charge in [-0.05, 0) is 41.8 Å². The summed E-state index contributed by atoms with van der Waals surface area (Å²) in [6.45, 7) is 2.19. The molecule has 186 valence electrons. The van der Waals surface area contributed by atoms with Crippen molar-refractivity contribution in [3.05, 3.63) is 119 Å². The molecule has 0 spiro atoms. The number of carbonyl (C=O) groups is 1. The number of rotatable bonds is 6. The summed E-state index contributed by atoms with van der Waals surface area (Å²) in [7, 11) is 0. The van der Waals surface area contributed by atoms with Gasteiger partial charge in [0.15, 0.2) is 23.3 Å². The first-order valence-corrected chi connectivity index (χ1v) is 11.5. The van der Waals surface area contributed by atoms with Crippen LogP contribution in [-0.2, 0) is 4.74 Å². The zero-order valence-corrected chi connectivity index (χ0v) is 19.6. The van der Waals surface area contributed by atoms with Gasteiger partial charge in [-0.2, -0.15) is 0 Å². The molecule has 5 rings (SSSR count). The Labute approximate surface area is 210 Å². The van der Waals surface area contributed by atoms with Crippen LogP contribution in [0.1, 0.15) is 34.5 Å². The summed E-state index contributed by atoms with van der Waals surface area (Å²) in [6, 6.07) is 18.1. The van der Waals surface area contributed by atoms with E-state index in [9.17, 15) is 22.4 Å². The topological polar surface area (TPSA) is 38.8 Å². The van der Waals surface area contributed by atoms with E-state index in [-0.39, 0.29) is 22.4 Å². The Morgan fingerprint density at radius 2 is 1.35 bits per heavy atom. The van der Waals surface area contributed by atoms with E-state index >= 15 is 0 Å². The standard InChI is InChI=1S/C30H20F4O3/c1-2-3-17-4-6-18(7-5-17)21-12-13-22(27(32)26(21)31)19-8-10-20(11-9-19)37-30(35)24-15-14-23(25-16-36-25)28(33)29(24)34/h2-15,25H,16H2,1H3/b3-2+. The molecule has 0 bridgehead atoms. The highest BCUT2D eigenvalue weighted by molar-refractivity contribution is 5.91. The van der Waals surface area contributed by atoms with Crippen molar-refractivity contribution < 1.29 is 31.8 Å². The molecule has 0 aromatic heterocycles. The Balaban J connectivity index is 1.34. The molecule has 1 fully saturated rings. The van der Waals surface area contributed by atoms with Crippen LogP contribution in [-0.4, -0.2) is 12.6 Å². The Morgan fingerprint density at radius 1 is 0.784 bits per heavy atom. The summed E-state index contributed by atoms with van der Waals surface area (Å²) >= 11 is 0. The van der Waals surface area contributed by atoms with Gasteiger partial charge in [-0.15, -0.1) is 0 Å². The van der Waals surface area contributed by atoms with Gasteiger partial charge < -0.3 is 9.47 Å². The SMILES string of the molecule is C/C=C/c1ccc(-c2ccc(-c3ccc(OC(=O)c4ccc(C5CO5)c(F)c4F)cc3)c(F)c2F)cc1. The minimum absolute atomic E-state index is 0.0238. The van der Waals surface area contributed by atoms with Crippen molar-refractivity contribution in [2.45, 2.75) is 13.0 Å². The van der Waals surface area contributed by atoms with Gasteiger partial charge in [0.2, 0.25) is 0 Å². The predicted molar refractivity (Wildman–Crippen MR) is 132 cm³/mol. The zero-order chi connectivity index (χ0) is 26.1. The zero-order valence-electron chi connectivity index (χ0n) is 19.6. The molecule has 1 aliphatic heterocycles. The van der Waals surface area contributed by atoms with E-state index < -0.39 is 40.9 Å². The maximum absolute atomic E-state index is 15.0. The van der Waals surface area contributed by atoms with Crippen molar-refractivity contribution in [2.24, 2.45) is 0 Å². The lowest BCUT2D eigenvalue weighted by atomic mass is 9.98. The third-order valence-corrected chi connectivity index (χ3v) is 6.05. The first-order valence-electron chi connectivity index (χ1n) is 11.5. The second kappa shape index (κ2) is 10.0. The summed E-state index contributed by atoms with van der Waals surface area (Å²) in [5.74, 6) is -5.52. The average Bonchev–Trinajstić information content (AvgIpc) is 3.74. The predicted octanol–water partition coefficient (Wildman–Crippen LogP) is 7.90. The maximum Gasteiger partial charge on any atom is 0.346 e. The number of carbonyl (C=O) groups excluding carboxylic acids is 1. The number of allylic oxidation sites excluding steroid dienone is 1. The van der Waals surface area contributed by atoms with Crippen molar-refractivity contribution in [1.29, 1.82) is 0 Å². The van der Waals surface area contributed by atoms with Crippen LogP contribution in [0.25, 0.3) is 28.3 Å². The molecule has 0 aliphatic carbocycles. The molecule has 7 heteroatoms. The lowest BCUT2D eigenvalue weighted by Crippen LogP contribution is -2.12. The molecule has 1 unspecified atom stereocenters. The molecule has 0 N–H and O–H groups in total. The number of benzene rings is 4. The minimum Gasteiger partial charge on any atom is -0.423 e. The number of hydrogen-bond acceptors (Lipinski definition) is 3. The highest BCUT2D eigenvalue weighted by Gasteiger charge is 2.31. The van der Waals surface area contributed by atoms with Gasteiger partial charge in [0.05, 0.1) is 12.2 Å². The van der Waals surface area contributed by atoms with Gasteiger partial charge in [-0.3, -0.25) is 0 Å². The molecular formula is C30H20F4O3. The second-order valence-corrected chi connectivity index (χ2v) is 8.48. The molecule has 0 saturated carbocycles. The Bertz CT molecular complexity index is 1510. The smallest absolute Gasteiger partial charge is 0.346 e. The normalized spacial score (nSPS) is 14.7. The summed E-state index contributed by atoms with van der Waals surface area (Å²) < 4.78 is 68.6. The molecule has 0 amide bonds. The second-order valence-electron chi connectivity index (χ2n) is 8.48. The van der Waals surface area contributed by atoms with Crippen LogP contribution in [0.2, 0.25) is 0 Å². The van der Waals surface area contributed by atoms with E-state index in [1.54, 1.807) is 12.1 Å². The van der Waals surface area contributed by atoms with Crippen molar-refractivity contribution in [1.82, 2.24) is 0 Å². The minimum atomic E-state index is -1.32. The van der Waals surface area contributed by atoms with Crippen LogP contribution in [0.5, 0.6) is 5.75 Å². The van der Waals surface area contributed by atoms with Crippen molar-refractivity contribution in [3.63, 3.8) is 0 Å². The molecule has 37 heavy (non-hydrogen) atoms. The van der Waals surface area contributed by atoms with Crippen molar-refractivity contribution in [2.75, 3.05) is 6.61 Å². The summed E-state index contributed by atoms with van der Waals surface area (Å²) in [4.78, 5) is 12.4. The van der Waals surface area contributed by atoms with E-state index in [1.165, 1.54) is 42.5 Å². The van der Waals surface area contributed by atoms with Crippen LogP contribution in [0, 0.1) is 23.3 Å². The summed E-state index contributed by atoms with van der Waals surface area (Å²) in [6.07, 6.45) is 3.28. The number of hydrogen-bond donors (Lipinski definition) is 0. The molecule has 1 saturated heterocycles. The van der Waals surface area contributed by atoms with Crippen LogP contribution in [0.15, 0.2) is 78.9 Å². The van der Waals surface area contributed by atoms with E-state index in [1.807, 2.05) is 31.2 Å². The summed E-state index contributed by atoms with van der Waals surface area (Å²) in [5, 5.41) is 0. The van der Waals surface area contributed by atoms with E-state index in [4.69, 9.17) is 9.47 Å². The van der Waals surface area contributed by atoms with Gasteiger partial charge in [0.1, 0.15) is 11.9 Å². The Morgan fingerprint density at radius 3 is 1.89 bits per heavy atom. The number of esters is 1. The first-order chi connectivity index (χ1) is 17.9. The third-order valence-electron chi connectivity index (χ3n) is 6.05. The fourth-order valence-electron chi connectivity index (χ4n) is 4.02. The molecular weight excluding hydrogens is 484 g/mol. The number of epoxide rings is 1. The summed E-state index contributed by atoms with van der Waals surface area (Å²) in [5.41, 5.74) is 1.47. The fraction of sp³-hybridized carbons (Fsp3) is 0.100. The van der Waals surface area contributed by atoms with Crippen molar-refractivity contribution >= 4 is 12.0 Å².